The molecule has 0 aromatic heterocycles. The zero-order valence-electron chi connectivity index (χ0n) is 11.5. The second kappa shape index (κ2) is 5.69. The zero-order chi connectivity index (χ0) is 15.7. The van der Waals surface area contributed by atoms with Gasteiger partial charge in [0.2, 0.25) is 5.91 Å². The number of carbonyl (C=O) groups excluding carboxylic acids is 2. The third-order valence-electron chi connectivity index (χ3n) is 3.40. The van der Waals surface area contributed by atoms with Gasteiger partial charge in [0.25, 0.3) is 5.91 Å². The van der Waals surface area contributed by atoms with Crippen LogP contribution in [0.5, 0.6) is 5.75 Å². The molecule has 1 heterocycles. The molecule has 1 atom stereocenters. The van der Waals surface area contributed by atoms with Crippen molar-refractivity contribution in [1.82, 2.24) is 0 Å². The Morgan fingerprint density at radius 1 is 1.14 bits per heavy atom. The molecule has 22 heavy (non-hydrogen) atoms. The fourth-order valence-corrected chi connectivity index (χ4v) is 2.62. The van der Waals surface area contributed by atoms with Gasteiger partial charge in [-0.2, -0.15) is 0 Å². The Balaban J connectivity index is 1.82. The summed E-state index contributed by atoms with van der Waals surface area (Å²) < 4.78 is 0. The minimum Gasteiger partial charge on any atom is -0.508 e. The van der Waals surface area contributed by atoms with Crippen molar-refractivity contribution in [2.75, 3.05) is 10.2 Å². The normalized spacial score (nSPS) is 17.9. The predicted molar refractivity (Wildman–Crippen MR) is 84.1 cm³/mol. The Morgan fingerprint density at radius 3 is 2.64 bits per heavy atom. The van der Waals surface area contributed by atoms with Crippen LogP contribution >= 0.6 is 11.6 Å². The van der Waals surface area contributed by atoms with E-state index in [0.29, 0.717) is 16.4 Å². The number of anilines is 2. The number of aromatic hydroxyl groups is 1. The number of phenols is 1. The van der Waals surface area contributed by atoms with Crippen molar-refractivity contribution in [3.8, 4) is 5.75 Å². The van der Waals surface area contributed by atoms with Gasteiger partial charge in [-0.25, -0.2) is 4.90 Å². The Kier molecular flexibility index (Phi) is 3.73. The summed E-state index contributed by atoms with van der Waals surface area (Å²) in [5.74, 6) is -0.657. The molecule has 1 unspecified atom stereocenters. The Hall–Kier alpha value is -2.53. The number of carbonyl (C=O) groups is 2. The van der Waals surface area contributed by atoms with Crippen LogP contribution in [0.3, 0.4) is 0 Å². The molecule has 2 amide bonds. The van der Waals surface area contributed by atoms with Gasteiger partial charge in [-0.1, -0.05) is 23.7 Å². The molecule has 2 N–H and O–H groups in total. The van der Waals surface area contributed by atoms with Crippen LogP contribution in [0.1, 0.15) is 6.42 Å². The fourth-order valence-electron chi connectivity index (χ4n) is 2.43. The molecule has 1 fully saturated rings. The summed E-state index contributed by atoms with van der Waals surface area (Å²) in [6.45, 7) is 0. The van der Waals surface area contributed by atoms with Crippen molar-refractivity contribution >= 4 is 34.8 Å². The van der Waals surface area contributed by atoms with Crippen LogP contribution in [-0.4, -0.2) is 23.0 Å². The van der Waals surface area contributed by atoms with Crippen molar-refractivity contribution < 1.29 is 14.7 Å². The molecule has 0 aliphatic carbocycles. The summed E-state index contributed by atoms with van der Waals surface area (Å²) in [7, 11) is 0. The largest absolute Gasteiger partial charge is 0.508 e. The van der Waals surface area contributed by atoms with Gasteiger partial charge < -0.3 is 10.4 Å². The fraction of sp³-hybridized carbons (Fsp3) is 0.125. The molecule has 0 bridgehead atoms. The van der Waals surface area contributed by atoms with E-state index < -0.39 is 6.04 Å². The Bertz CT molecular complexity index is 748. The van der Waals surface area contributed by atoms with E-state index in [1.54, 1.807) is 36.4 Å². The van der Waals surface area contributed by atoms with Crippen molar-refractivity contribution in [3.63, 3.8) is 0 Å². The standard InChI is InChI=1S/C16H13ClN2O3/c17-10-3-1-4-11(7-10)18-14-9-15(21)19(16(14)22)12-5-2-6-13(20)8-12/h1-8,14,18,20H,9H2. The number of imide groups is 1. The summed E-state index contributed by atoms with van der Waals surface area (Å²) in [6.07, 6.45) is 0.0566. The lowest BCUT2D eigenvalue weighted by atomic mass is 10.2. The molecular formula is C16H13ClN2O3. The van der Waals surface area contributed by atoms with E-state index in [0.717, 1.165) is 4.90 Å². The second-order valence-electron chi connectivity index (χ2n) is 5.00. The highest BCUT2D eigenvalue weighted by Crippen LogP contribution is 2.27. The molecule has 0 saturated carbocycles. The number of benzene rings is 2. The van der Waals surface area contributed by atoms with Gasteiger partial charge in [0, 0.05) is 16.8 Å². The number of hydrogen-bond acceptors (Lipinski definition) is 4. The van der Waals surface area contributed by atoms with Crippen molar-refractivity contribution in [1.29, 1.82) is 0 Å². The monoisotopic (exact) mass is 316 g/mol. The highest BCUT2D eigenvalue weighted by atomic mass is 35.5. The van der Waals surface area contributed by atoms with Crippen LogP contribution in [0.25, 0.3) is 0 Å². The Labute approximate surface area is 132 Å². The van der Waals surface area contributed by atoms with Crippen LogP contribution in [0.2, 0.25) is 5.02 Å². The van der Waals surface area contributed by atoms with Gasteiger partial charge in [-0.15, -0.1) is 0 Å². The average Bonchev–Trinajstić information content (AvgIpc) is 2.73. The maximum absolute atomic E-state index is 12.4. The number of nitrogens with zero attached hydrogens (tertiary/aromatic N) is 1. The quantitative estimate of drug-likeness (QED) is 0.854. The van der Waals surface area contributed by atoms with Crippen molar-refractivity contribution in [2.45, 2.75) is 12.5 Å². The summed E-state index contributed by atoms with van der Waals surface area (Å²) in [4.78, 5) is 25.7. The lowest BCUT2D eigenvalue weighted by Crippen LogP contribution is -2.34. The topological polar surface area (TPSA) is 69.6 Å². The van der Waals surface area contributed by atoms with E-state index in [4.69, 9.17) is 11.6 Å². The summed E-state index contributed by atoms with van der Waals surface area (Å²) in [6, 6.07) is 12.4. The van der Waals surface area contributed by atoms with Gasteiger partial charge >= 0.3 is 0 Å². The number of rotatable bonds is 3. The van der Waals surface area contributed by atoms with Crippen LogP contribution in [0.15, 0.2) is 48.5 Å². The molecule has 112 valence electrons. The van der Waals surface area contributed by atoms with Crippen LogP contribution in [0.4, 0.5) is 11.4 Å². The van der Waals surface area contributed by atoms with Gasteiger partial charge in [-0.05, 0) is 30.3 Å². The van der Waals surface area contributed by atoms with Gasteiger partial charge in [0.15, 0.2) is 0 Å². The lowest BCUT2D eigenvalue weighted by molar-refractivity contribution is -0.121. The molecule has 2 aromatic rings. The Morgan fingerprint density at radius 2 is 1.91 bits per heavy atom. The first kappa shape index (κ1) is 14.4. The highest BCUT2D eigenvalue weighted by Gasteiger charge is 2.39. The van der Waals surface area contributed by atoms with Crippen LogP contribution in [0, 0.1) is 0 Å². The molecule has 1 aliphatic rings. The summed E-state index contributed by atoms with van der Waals surface area (Å²) in [5, 5.41) is 13.1. The maximum atomic E-state index is 12.4. The van der Waals surface area contributed by atoms with Gasteiger partial charge in [0.1, 0.15) is 11.8 Å². The van der Waals surface area contributed by atoms with Crippen LogP contribution < -0.4 is 10.2 Å². The van der Waals surface area contributed by atoms with Gasteiger partial charge in [-0.3, -0.25) is 9.59 Å². The number of amides is 2. The van der Waals surface area contributed by atoms with Gasteiger partial charge in [0.05, 0.1) is 12.1 Å². The predicted octanol–water partition coefficient (Wildman–Crippen LogP) is 2.79. The number of nitrogens with one attached hydrogen (secondary N) is 1. The minimum atomic E-state index is -0.645. The molecule has 0 spiro atoms. The first-order valence-electron chi connectivity index (χ1n) is 6.72. The molecule has 1 saturated heterocycles. The maximum Gasteiger partial charge on any atom is 0.256 e. The number of hydrogen-bond donors (Lipinski definition) is 2. The second-order valence-corrected chi connectivity index (χ2v) is 5.44. The molecular weight excluding hydrogens is 304 g/mol. The van der Waals surface area contributed by atoms with E-state index >= 15 is 0 Å². The summed E-state index contributed by atoms with van der Waals surface area (Å²) >= 11 is 5.91. The molecule has 0 radical (unpaired) electrons. The smallest absolute Gasteiger partial charge is 0.256 e. The third kappa shape index (κ3) is 2.76. The lowest BCUT2D eigenvalue weighted by Gasteiger charge is -2.16. The zero-order valence-corrected chi connectivity index (χ0v) is 12.2. The first-order valence-corrected chi connectivity index (χ1v) is 7.10. The molecule has 3 rings (SSSR count). The average molecular weight is 317 g/mol. The molecule has 6 heteroatoms. The van der Waals surface area contributed by atoms with E-state index in [9.17, 15) is 14.7 Å². The SMILES string of the molecule is O=C1CC(Nc2cccc(Cl)c2)C(=O)N1c1cccc(O)c1. The van der Waals surface area contributed by atoms with E-state index in [2.05, 4.69) is 5.32 Å². The third-order valence-corrected chi connectivity index (χ3v) is 3.64. The highest BCUT2D eigenvalue weighted by molar-refractivity contribution is 6.30. The van der Waals surface area contributed by atoms with Crippen molar-refractivity contribution in [3.05, 3.63) is 53.6 Å². The van der Waals surface area contributed by atoms with Crippen LogP contribution in [-0.2, 0) is 9.59 Å². The first-order chi connectivity index (χ1) is 10.5. The molecule has 5 nitrogen and oxygen atoms in total. The van der Waals surface area contributed by atoms with E-state index in [-0.39, 0.29) is 24.0 Å². The number of halogens is 1. The number of phenolic OH excluding ortho intramolecular Hbond substituents is 1. The summed E-state index contributed by atoms with van der Waals surface area (Å²) in [5.41, 5.74) is 1.04. The molecule has 1 aliphatic heterocycles. The molecule has 2 aromatic carbocycles. The minimum absolute atomic E-state index is 0.00403. The van der Waals surface area contributed by atoms with Crippen molar-refractivity contribution in [2.24, 2.45) is 0 Å². The van der Waals surface area contributed by atoms with E-state index in [1.165, 1.54) is 12.1 Å². The van der Waals surface area contributed by atoms with E-state index in [1.807, 2.05) is 0 Å².